The molecule has 106 valence electrons. The third-order valence-corrected chi connectivity index (χ3v) is 3.19. The second-order valence-corrected chi connectivity index (χ2v) is 4.86. The summed E-state index contributed by atoms with van der Waals surface area (Å²) in [6, 6.07) is 15.2. The molecule has 0 saturated carbocycles. The number of carbonyl (C=O) groups excluding carboxylic acids is 1. The minimum atomic E-state index is 0.0344. The maximum absolute atomic E-state index is 11.5. The second kappa shape index (κ2) is 5.79. The lowest BCUT2D eigenvalue weighted by molar-refractivity contribution is -0.116. The van der Waals surface area contributed by atoms with Crippen LogP contribution in [0.2, 0.25) is 0 Å². The minimum absolute atomic E-state index is 0.0344. The van der Waals surface area contributed by atoms with Crippen molar-refractivity contribution in [3.05, 3.63) is 48.5 Å². The summed E-state index contributed by atoms with van der Waals surface area (Å²) in [5.41, 5.74) is 3.29. The van der Waals surface area contributed by atoms with Crippen molar-refractivity contribution in [2.45, 2.75) is 19.8 Å². The number of benzene rings is 2. The average Bonchev–Trinajstić information content (AvgIpc) is 2.92. The number of aromatic nitrogens is 1. The Kier molecular flexibility index (Phi) is 3.69. The Labute approximate surface area is 122 Å². The molecule has 0 aliphatic rings. The molecular formula is C17H16N2O2. The molecule has 1 aromatic heterocycles. The molecule has 0 fully saturated rings. The molecule has 0 atom stereocenters. The number of hydrogen-bond donors (Lipinski definition) is 1. The van der Waals surface area contributed by atoms with E-state index in [-0.39, 0.29) is 5.91 Å². The van der Waals surface area contributed by atoms with Gasteiger partial charge in [-0.05, 0) is 42.8 Å². The van der Waals surface area contributed by atoms with Gasteiger partial charge in [-0.15, -0.1) is 0 Å². The van der Waals surface area contributed by atoms with Crippen LogP contribution in [-0.2, 0) is 4.79 Å². The molecule has 0 aliphatic carbocycles. The zero-order valence-electron chi connectivity index (χ0n) is 11.8. The van der Waals surface area contributed by atoms with Gasteiger partial charge in [0.25, 0.3) is 0 Å². The van der Waals surface area contributed by atoms with Gasteiger partial charge in [-0.2, -0.15) is 0 Å². The van der Waals surface area contributed by atoms with Gasteiger partial charge < -0.3 is 9.73 Å². The first-order chi connectivity index (χ1) is 10.3. The number of oxazole rings is 1. The number of nitrogens with one attached hydrogen (secondary N) is 1. The lowest BCUT2D eigenvalue weighted by Crippen LogP contribution is -2.10. The molecule has 21 heavy (non-hydrogen) atoms. The Hall–Kier alpha value is -2.62. The molecular weight excluding hydrogens is 264 g/mol. The van der Waals surface area contributed by atoms with Crippen LogP contribution in [0.1, 0.15) is 19.8 Å². The van der Waals surface area contributed by atoms with E-state index >= 15 is 0 Å². The lowest BCUT2D eigenvalue weighted by atomic mass is 10.2. The SMILES string of the molecule is CCCC(=O)Nc1ccc(-c2nc3ccccc3o2)cc1. The zero-order valence-corrected chi connectivity index (χ0v) is 11.8. The molecule has 0 saturated heterocycles. The van der Waals surface area contributed by atoms with Crippen LogP contribution in [0, 0.1) is 0 Å². The van der Waals surface area contributed by atoms with Crippen LogP contribution >= 0.6 is 0 Å². The number of rotatable bonds is 4. The fraction of sp³-hybridized carbons (Fsp3) is 0.176. The third-order valence-electron chi connectivity index (χ3n) is 3.19. The van der Waals surface area contributed by atoms with Crippen molar-refractivity contribution in [3.63, 3.8) is 0 Å². The number of para-hydroxylation sites is 2. The highest BCUT2D eigenvalue weighted by molar-refractivity contribution is 5.90. The topological polar surface area (TPSA) is 55.1 Å². The molecule has 1 N–H and O–H groups in total. The maximum atomic E-state index is 11.5. The maximum Gasteiger partial charge on any atom is 0.227 e. The Morgan fingerprint density at radius 2 is 1.90 bits per heavy atom. The Morgan fingerprint density at radius 3 is 2.62 bits per heavy atom. The van der Waals surface area contributed by atoms with E-state index < -0.39 is 0 Å². The Balaban J connectivity index is 1.81. The van der Waals surface area contributed by atoms with Gasteiger partial charge >= 0.3 is 0 Å². The zero-order chi connectivity index (χ0) is 14.7. The largest absolute Gasteiger partial charge is 0.436 e. The van der Waals surface area contributed by atoms with Crippen molar-refractivity contribution in [2.24, 2.45) is 0 Å². The van der Waals surface area contributed by atoms with E-state index in [1.54, 1.807) is 0 Å². The highest BCUT2D eigenvalue weighted by atomic mass is 16.3. The first-order valence-electron chi connectivity index (χ1n) is 7.02. The van der Waals surface area contributed by atoms with E-state index in [2.05, 4.69) is 10.3 Å². The molecule has 0 aliphatic heterocycles. The van der Waals surface area contributed by atoms with Crippen molar-refractivity contribution >= 4 is 22.7 Å². The quantitative estimate of drug-likeness (QED) is 0.778. The predicted molar refractivity (Wildman–Crippen MR) is 83.0 cm³/mol. The number of amides is 1. The van der Waals surface area contributed by atoms with Gasteiger partial charge in [-0.1, -0.05) is 19.1 Å². The molecule has 0 unspecified atom stereocenters. The van der Waals surface area contributed by atoms with Crippen LogP contribution in [0.25, 0.3) is 22.6 Å². The molecule has 2 aromatic carbocycles. The molecule has 4 heteroatoms. The molecule has 1 amide bonds. The van der Waals surface area contributed by atoms with Crippen molar-refractivity contribution in [2.75, 3.05) is 5.32 Å². The van der Waals surface area contributed by atoms with E-state index in [0.717, 1.165) is 28.8 Å². The highest BCUT2D eigenvalue weighted by Crippen LogP contribution is 2.25. The summed E-state index contributed by atoms with van der Waals surface area (Å²) in [6.45, 7) is 1.98. The summed E-state index contributed by atoms with van der Waals surface area (Å²) in [4.78, 5) is 16.0. The number of nitrogens with zero attached hydrogens (tertiary/aromatic N) is 1. The van der Waals surface area contributed by atoms with Gasteiger partial charge in [-0.25, -0.2) is 4.98 Å². The fourth-order valence-corrected chi connectivity index (χ4v) is 2.14. The number of carbonyl (C=O) groups is 1. The summed E-state index contributed by atoms with van der Waals surface area (Å²) in [6.07, 6.45) is 1.37. The van der Waals surface area contributed by atoms with E-state index in [9.17, 15) is 4.79 Å². The smallest absolute Gasteiger partial charge is 0.227 e. The van der Waals surface area contributed by atoms with E-state index in [1.165, 1.54) is 0 Å². The number of anilines is 1. The first-order valence-corrected chi connectivity index (χ1v) is 7.02. The Morgan fingerprint density at radius 1 is 1.14 bits per heavy atom. The van der Waals surface area contributed by atoms with E-state index in [0.29, 0.717) is 12.3 Å². The third kappa shape index (κ3) is 2.94. The summed E-state index contributed by atoms with van der Waals surface area (Å²) >= 11 is 0. The van der Waals surface area contributed by atoms with Gasteiger partial charge in [-0.3, -0.25) is 4.79 Å². The van der Waals surface area contributed by atoms with E-state index in [4.69, 9.17) is 4.42 Å². The molecule has 0 spiro atoms. The number of hydrogen-bond acceptors (Lipinski definition) is 3. The molecule has 0 radical (unpaired) electrons. The molecule has 3 rings (SSSR count). The molecule has 1 heterocycles. The van der Waals surface area contributed by atoms with Gasteiger partial charge in [0.15, 0.2) is 5.58 Å². The highest BCUT2D eigenvalue weighted by Gasteiger charge is 2.08. The van der Waals surface area contributed by atoms with Gasteiger partial charge in [0, 0.05) is 17.7 Å². The minimum Gasteiger partial charge on any atom is -0.436 e. The molecule has 0 bridgehead atoms. The Bertz CT molecular complexity index is 727. The van der Waals surface area contributed by atoms with Crippen molar-refractivity contribution < 1.29 is 9.21 Å². The first kappa shape index (κ1) is 13.4. The molecule has 3 aromatic rings. The lowest BCUT2D eigenvalue weighted by Gasteiger charge is -2.04. The van der Waals surface area contributed by atoms with Gasteiger partial charge in [0.05, 0.1) is 0 Å². The number of fused-ring (bicyclic) bond motifs is 1. The van der Waals surface area contributed by atoms with Crippen LogP contribution in [0.15, 0.2) is 52.9 Å². The average molecular weight is 280 g/mol. The summed E-state index contributed by atoms with van der Waals surface area (Å²) in [5.74, 6) is 0.620. The van der Waals surface area contributed by atoms with Gasteiger partial charge in [0.1, 0.15) is 5.52 Å². The fourth-order valence-electron chi connectivity index (χ4n) is 2.14. The standard InChI is InChI=1S/C17H16N2O2/c1-2-5-16(20)18-13-10-8-12(9-11-13)17-19-14-6-3-4-7-15(14)21-17/h3-4,6-11H,2,5H2,1H3,(H,18,20). The summed E-state index contributed by atoms with van der Waals surface area (Å²) < 4.78 is 5.72. The monoisotopic (exact) mass is 280 g/mol. The van der Waals surface area contributed by atoms with Gasteiger partial charge in [0.2, 0.25) is 11.8 Å². The summed E-state index contributed by atoms with van der Waals surface area (Å²) in [7, 11) is 0. The normalized spacial score (nSPS) is 10.7. The van der Waals surface area contributed by atoms with E-state index in [1.807, 2.05) is 55.5 Å². The van der Waals surface area contributed by atoms with Crippen LogP contribution < -0.4 is 5.32 Å². The predicted octanol–water partition coefficient (Wildman–Crippen LogP) is 4.23. The van der Waals surface area contributed by atoms with Crippen LogP contribution in [0.4, 0.5) is 5.69 Å². The second-order valence-electron chi connectivity index (χ2n) is 4.86. The summed E-state index contributed by atoms with van der Waals surface area (Å²) in [5, 5.41) is 2.86. The van der Waals surface area contributed by atoms with Crippen LogP contribution in [-0.4, -0.2) is 10.9 Å². The van der Waals surface area contributed by atoms with Crippen LogP contribution in [0.3, 0.4) is 0 Å². The van der Waals surface area contributed by atoms with Crippen molar-refractivity contribution in [1.82, 2.24) is 4.98 Å². The van der Waals surface area contributed by atoms with Crippen molar-refractivity contribution in [1.29, 1.82) is 0 Å². The van der Waals surface area contributed by atoms with Crippen LogP contribution in [0.5, 0.6) is 0 Å². The van der Waals surface area contributed by atoms with Crippen molar-refractivity contribution in [3.8, 4) is 11.5 Å². The molecule has 4 nitrogen and oxygen atoms in total.